The first-order chi connectivity index (χ1) is 10.3. The maximum Gasteiger partial charge on any atom is 0.147 e. The molecule has 1 aliphatic heterocycles. The molecule has 2 aromatic rings. The zero-order valence-corrected chi connectivity index (χ0v) is 13.1. The Hall–Kier alpha value is -1.53. The Kier molecular flexibility index (Phi) is 4.77. The van der Waals surface area contributed by atoms with E-state index in [-0.39, 0.29) is 0 Å². The molecular weight excluding hydrogens is 282 g/mol. The molecule has 1 saturated heterocycles. The maximum absolute atomic E-state index is 4.49. The molecule has 3 rings (SSSR count). The van der Waals surface area contributed by atoms with Gasteiger partial charge in [-0.05, 0) is 31.7 Å². The van der Waals surface area contributed by atoms with Crippen LogP contribution in [0.25, 0.3) is 0 Å². The highest BCUT2D eigenvalue weighted by Gasteiger charge is 2.22. The summed E-state index contributed by atoms with van der Waals surface area (Å²) in [6.07, 6.45) is 9.05. The zero-order valence-electron chi connectivity index (χ0n) is 12.3. The normalized spacial score (nSPS) is 19.6. The fourth-order valence-electron chi connectivity index (χ4n) is 3.00. The van der Waals surface area contributed by atoms with Gasteiger partial charge in [-0.15, -0.1) is 11.3 Å². The van der Waals surface area contributed by atoms with Crippen molar-refractivity contribution >= 4 is 17.2 Å². The first-order valence-corrected chi connectivity index (χ1v) is 8.30. The lowest BCUT2D eigenvalue weighted by molar-refractivity contribution is 0.167. The Labute approximate surface area is 129 Å². The number of hydrogen-bond donors (Lipinski definition) is 1. The number of nitrogens with one attached hydrogen (secondary N) is 1. The van der Waals surface area contributed by atoms with Crippen molar-refractivity contribution in [2.75, 3.05) is 25.5 Å². The van der Waals surface area contributed by atoms with Gasteiger partial charge in [0.15, 0.2) is 0 Å². The average Bonchev–Trinajstić information content (AvgIpc) is 3.01. The minimum Gasteiger partial charge on any atom is -0.372 e. The number of hydrogen-bond acceptors (Lipinski definition) is 6. The molecule has 0 spiro atoms. The summed E-state index contributed by atoms with van der Waals surface area (Å²) in [7, 11) is 1.91. The maximum atomic E-state index is 4.49. The number of nitrogens with zero attached hydrogens (tertiary/aromatic N) is 4. The van der Waals surface area contributed by atoms with Crippen LogP contribution in [0, 0.1) is 5.92 Å². The molecule has 5 nitrogen and oxygen atoms in total. The number of thiazole rings is 1. The van der Waals surface area contributed by atoms with Crippen molar-refractivity contribution in [3.8, 4) is 0 Å². The molecule has 21 heavy (non-hydrogen) atoms. The van der Waals surface area contributed by atoms with Crippen LogP contribution in [0.3, 0.4) is 0 Å². The summed E-state index contributed by atoms with van der Waals surface area (Å²) in [6.45, 7) is 3.35. The second-order valence-electron chi connectivity index (χ2n) is 5.52. The van der Waals surface area contributed by atoms with Crippen LogP contribution in [0.5, 0.6) is 0 Å². The molecule has 0 aliphatic carbocycles. The molecule has 3 heterocycles. The average molecular weight is 303 g/mol. The number of aromatic nitrogens is 3. The van der Waals surface area contributed by atoms with Crippen LogP contribution in [-0.4, -0.2) is 40.0 Å². The van der Waals surface area contributed by atoms with Gasteiger partial charge < -0.3 is 5.32 Å². The van der Waals surface area contributed by atoms with E-state index in [1.54, 1.807) is 23.7 Å². The van der Waals surface area contributed by atoms with Gasteiger partial charge in [-0.25, -0.2) is 4.98 Å². The summed E-state index contributed by atoms with van der Waals surface area (Å²) in [5.74, 6) is 1.58. The highest BCUT2D eigenvalue weighted by Crippen LogP contribution is 2.24. The molecule has 112 valence electrons. The van der Waals surface area contributed by atoms with Crippen molar-refractivity contribution in [2.24, 2.45) is 5.92 Å². The Bertz CT molecular complexity index is 557. The monoisotopic (exact) mass is 303 g/mol. The van der Waals surface area contributed by atoms with Gasteiger partial charge in [0, 0.05) is 43.6 Å². The van der Waals surface area contributed by atoms with Crippen LogP contribution < -0.4 is 5.32 Å². The van der Waals surface area contributed by atoms with Gasteiger partial charge in [-0.1, -0.05) is 0 Å². The van der Waals surface area contributed by atoms with Crippen LogP contribution in [0.1, 0.15) is 23.4 Å². The van der Waals surface area contributed by atoms with E-state index in [0.717, 1.165) is 31.0 Å². The molecule has 0 saturated carbocycles. The predicted molar refractivity (Wildman–Crippen MR) is 85.4 cm³/mol. The lowest BCUT2D eigenvalue weighted by atomic mass is 9.93. The summed E-state index contributed by atoms with van der Waals surface area (Å²) >= 11 is 1.74. The molecule has 0 amide bonds. The van der Waals surface area contributed by atoms with Crippen LogP contribution in [-0.2, 0) is 13.0 Å². The third-order valence-electron chi connectivity index (χ3n) is 3.96. The Morgan fingerprint density at radius 3 is 3.10 bits per heavy atom. The van der Waals surface area contributed by atoms with Gasteiger partial charge >= 0.3 is 0 Å². The van der Waals surface area contributed by atoms with E-state index in [9.17, 15) is 0 Å². The minimum absolute atomic E-state index is 0.662. The Morgan fingerprint density at radius 1 is 1.38 bits per heavy atom. The summed E-state index contributed by atoms with van der Waals surface area (Å²) in [5, 5.41) is 3.14. The van der Waals surface area contributed by atoms with E-state index in [0.29, 0.717) is 5.92 Å². The van der Waals surface area contributed by atoms with Crippen molar-refractivity contribution in [3.05, 3.63) is 34.7 Å². The van der Waals surface area contributed by atoms with E-state index in [1.807, 2.05) is 18.8 Å². The highest BCUT2D eigenvalue weighted by molar-refractivity contribution is 7.09. The third kappa shape index (κ3) is 3.77. The van der Waals surface area contributed by atoms with Gasteiger partial charge in [0.25, 0.3) is 0 Å². The van der Waals surface area contributed by atoms with Crippen molar-refractivity contribution in [2.45, 2.75) is 25.8 Å². The van der Waals surface area contributed by atoms with Crippen molar-refractivity contribution in [1.29, 1.82) is 0 Å². The first kappa shape index (κ1) is 14.4. The van der Waals surface area contributed by atoms with Gasteiger partial charge in [0.1, 0.15) is 5.82 Å². The first-order valence-electron chi connectivity index (χ1n) is 7.42. The van der Waals surface area contributed by atoms with Crippen LogP contribution in [0.15, 0.2) is 24.1 Å². The minimum atomic E-state index is 0.662. The van der Waals surface area contributed by atoms with Crippen molar-refractivity contribution in [1.82, 2.24) is 19.9 Å². The smallest absolute Gasteiger partial charge is 0.147 e. The summed E-state index contributed by atoms with van der Waals surface area (Å²) in [5.41, 5.74) is 3.00. The standard InChI is InChI=1S/C15H21N5S/c1-16-15-14(18-4-5-19-15)7-12-3-2-6-20(9-12)10-13-8-17-11-21-13/h4-5,8,11-12H,2-3,6-7,9-10H2,1H3,(H,16,19)/t12-/m1/s1. The fourth-order valence-corrected chi connectivity index (χ4v) is 3.64. The molecule has 0 radical (unpaired) electrons. The van der Waals surface area contributed by atoms with Crippen molar-refractivity contribution < 1.29 is 0 Å². The van der Waals surface area contributed by atoms with E-state index in [4.69, 9.17) is 0 Å². The highest BCUT2D eigenvalue weighted by atomic mass is 32.1. The fraction of sp³-hybridized carbons (Fsp3) is 0.533. The SMILES string of the molecule is CNc1nccnc1C[C@H]1CCCN(Cc2cncs2)C1. The summed E-state index contributed by atoms with van der Waals surface area (Å²) < 4.78 is 0. The lowest BCUT2D eigenvalue weighted by Gasteiger charge is -2.32. The Balaban J connectivity index is 1.60. The molecule has 0 unspecified atom stereocenters. The molecule has 1 atom stereocenters. The summed E-state index contributed by atoms with van der Waals surface area (Å²) in [6, 6.07) is 0. The number of rotatable bonds is 5. The molecule has 1 aliphatic rings. The van der Waals surface area contributed by atoms with Crippen LogP contribution >= 0.6 is 11.3 Å². The van der Waals surface area contributed by atoms with Gasteiger partial charge in [-0.2, -0.15) is 0 Å². The lowest BCUT2D eigenvalue weighted by Crippen LogP contribution is -2.35. The largest absolute Gasteiger partial charge is 0.372 e. The van der Waals surface area contributed by atoms with Gasteiger partial charge in [-0.3, -0.25) is 14.9 Å². The molecule has 2 aromatic heterocycles. The van der Waals surface area contributed by atoms with Crippen LogP contribution in [0.2, 0.25) is 0 Å². The van der Waals surface area contributed by atoms with Gasteiger partial charge in [0.05, 0.1) is 11.2 Å². The third-order valence-corrected chi connectivity index (χ3v) is 4.72. The predicted octanol–water partition coefficient (Wildman–Crippen LogP) is 2.43. The van der Waals surface area contributed by atoms with E-state index < -0.39 is 0 Å². The van der Waals surface area contributed by atoms with Crippen LogP contribution in [0.4, 0.5) is 5.82 Å². The topological polar surface area (TPSA) is 53.9 Å². The van der Waals surface area contributed by atoms with E-state index >= 15 is 0 Å². The van der Waals surface area contributed by atoms with E-state index in [2.05, 4.69) is 25.2 Å². The quantitative estimate of drug-likeness (QED) is 0.919. The van der Waals surface area contributed by atoms with Crippen molar-refractivity contribution in [3.63, 3.8) is 0 Å². The second-order valence-corrected chi connectivity index (χ2v) is 6.49. The zero-order chi connectivity index (χ0) is 14.5. The molecule has 1 fully saturated rings. The Morgan fingerprint density at radius 2 is 2.29 bits per heavy atom. The van der Waals surface area contributed by atoms with E-state index in [1.165, 1.54) is 24.3 Å². The number of anilines is 1. The second kappa shape index (κ2) is 6.95. The molecule has 6 heteroatoms. The molecule has 1 N–H and O–H groups in total. The summed E-state index contributed by atoms with van der Waals surface area (Å²) in [4.78, 5) is 16.9. The number of piperidine rings is 1. The molecule has 0 aromatic carbocycles. The number of likely N-dealkylation sites (tertiary alicyclic amines) is 1. The molecular formula is C15H21N5S. The van der Waals surface area contributed by atoms with Gasteiger partial charge in [0.2, 0.25) is 0 Å². The molecule has 0 bridgehead atoms.